The van der Waals surface area contributed by atoms with Gasteiger partial charge >= 0.3 is 0 Å². The van der Waals surface area contributed by atoms with Gasteiger partial charge in [-0.05, 0) is 25.7 Å². The Morgan fingerprint density at radius 1 is 0.583 bits per heavy atom. The van der Waals surface area contributed by atoms with Crippen molar-refractivity contribution >= 4 is 6.47 Å². The molecule has 2 nitrogen and oxygen atoms in total. The predicted molar refractivity (Wildman–Crippen MR) is 105 cm³/mol. The number of hydrogen-bond acceptors (Lipinski definition) is 2. The van der Waals surface area contributed by atoms with Crippen molar-refractivity contribution in [1.82, 2.24) is 0 Å². The molecule has 0 saturated heterocycles. The summed E-state index contributed by atoms with van der Waals surface area (Å²) >= 11 is 0. The van der Waals surface area contributed by atoms with Gasteiger partial charge in [0.2, 0.25) is 0 Å². The van der Waals surface area contributed by atoms with Crippen LogP contribution < -0.4 is 0 Å². The van der Waals surface area contributed by atoms with Gasteiger partial charge in [0.1, 0.15) is 6.10 Å². The van der Waals surface area contributed by atoms with Gasteiger partial charge in [0.15, 0.2) is 0 Å². The first-order chi connectivity index (χ1) is 11.8. The molecule has 0 aromatic heterocycles. The molecule has 0 fully saturated rings. The fourth-order valence-corrected chi connectivity index (χ4v) is 3.37. The Hall–Kier alpha value is -0.530. The van der Waals surface area contributed by atoms with Crippen LogP contribution in [0.2, 0.25) is 0 Å². The Bertz CT molecular complexity index is 240. The topological polar surface area (TPSA) is 26.3 Å². The summed E-state index contributed by atoms with van der Waals surface area (Å²) < 4.78 is 5.28. The summed E-state index contributed by atoms with van der Waals surface area (Å²) in [5.41, 5.74) is 0. The minimum atomic E-state index is 0.169. The van der Waals surface area contributed by atoms with Gasteiger partial charge in [0, 0.05) is 0 Å². The third-order valence-electron chi connectivity index (χ3n) is 5.01. The summed E-state index contributed by atoms with van der Waals surface area (Å²) in [6, 6.07) is 0. The Kier molecular flexibility index (Phi) is 20.1. The van der Waals surface area contributed by atoms with E-state index in [9.17, 15) is 4.79 Å². The molecular weight excluding hydrogens is 296 g/mol. The smallest absolute Gasteiger partial charge is 0.293 e. The van der Waals surface area contributed by atoms with Gasteiger partial charge in [-0.1, -0.05) is 104 Å². The zero-order valence-corrected chi connectivity index (χ0v) is 16.7. The third-order valence-corrected chi connectivity index (χ3v) is 5.01. The Morgan fingerprint density at radius 2 is 0.917 bits per heavy atom. The highest BCUT2D eigenvalue weighted by atomic mass is 16.5. The van der Waals surface area contributed by atoms with Crippen molar-refractivity contribution in [2.45, 2.75) is 136 Å². The van der Waals surface area contributed by atoms with Crippen LogP contribution in [0.4, 0.5) is 0 Å². The van der Waals surface area contributed by atoms with Crippen LogP contribution in [0.1, 0.15) is 129 Å². The van der Waals surface area contributed by atoms with Crippen LogP contribution in [0.5, 0.6) is 0 Å². The third kappa shape index (κ3) is 17.8. The first-order valence-electron chi connectivity index (χ1n) is 10.9. The van der Waals surface area contributed by atoms with Crippen molar-refractivity contribution in [2.75, 3.05) is 0 Å². The molecule has 0 aliphatic carbocycles. The average molecular weight is 341 g/mol. The fraction of sp³-hybridized carbons (Fsp3) is 0.955. The minimum Gasteiger partial charge on any atom is -0.465 e. The highest BCUT2D eigenvalue weighted by molar-refractivity contribution is 5.37. The van der Waals surface area contributed by atoms with Crippen molar-refractivity contribution in [3.05, 3.63) is 0 Å². The van der Waals surface area contributed by atoms with Gasteiger partial charge < -0.3 is 4.74 Å². The molecule has 144 valence electrons. The molecule has 0 rings (SSSR count). The lowest BCUT2D eigenvalue weighted by atomic mass is 10.0. The molecule has 0 bridgehead atoms. The van der Waals surface area contributed by atoms with Crippen LogP contribution in [-0.2, 0) is 9.53 Å². The molecule has 0 spiro atoms. The molecule has 24 heavy (non-hydrogen) atoms. The number of unbranched alkanes of at least 4 members (excludes halogenated alkanes) is 14. The molecule has 0 aromatic carbocycles. The van der Waals surface area contributed by atoms with Crippen molar-refractivity contribution in [2.24, 2.45) is 0 Å². The molecule has 1 unspecified atom stereocenters. The Balaban J connectivity index is 3.44. The molecule has 0 saturated carbocycles. The lowest BCUT2D eigenvalue weighted by molar-refractivity contribution is -0.134. The van der Waals surface area contributed by atoms with E-state index in [0.29, 0.717) is 6.47 Å². The van der Waals surface area contributed by atoms with Crippen LogP contribution in [0.3, 0.4) is 0 Å². The number of carbonyl (C=O) groups is 1. The van der Waals surface area contributed by atoms with E-state index in [1.54, 1.807) is 0 Å². The quantitative estimate of drug-likeness (QED) is 0.168. The SMILES string of the molecule is CCCCCCCCCCCC(CCCCCCCCC)OC=O. The maximum absolute atomic E-state index is 10.7. The molecule has 0 radical (unpaired) electrons. The maximum atomic E-state index is 10.7. The van der Waals surface area contributed by atoms with Gasteiger partial charge in [-0.15, -0.1) is 0 Å². The molecular formula is C22H44O2. The summed E-state index contributed by atoms with van der Waals surface area (Å²) in [4.78, 5) is 10.7. The summed E-state index contributed by atoms with van der Waals surface area (Å²) in [5, 5.41) is 0. The second kappa shape index (κ2) is 20.5. The fourth-order valence-electron chi connectivity index (χ4n) is 3.37. The normalized spacial score (nSPS) is 12.2. The molecule has 1 atom stereocenters. The molecule has 0 aliphatic heterocycles. The zero-order chi connectivity index (χ0) is 17.7. The van der Waals surface area contributed by atoms with Crippen LogP contribution in [0, 0.1) is 0 Å². The van der Waals surface area contributed by atoms with Crippen LogP contribution in [-0.4, -0.2) is 12.6 Å². The average Bonchev–Trinajstić information content (AvgIpc) is 2.59. The summed E-state index contributed by atoms with van der Waals surface area (Å²) in [6.07, 6.45) is 23.7. The number of hydrogen-bond donors (Lipinski definition) is 0. The van der Waals surface area contributed by atoms with Crippen LogP contribution in [0.25, 0.3) is 0 Å². The van der Waals surface area contributed by atoms with Crippen molar-refractivity contribution in [1.29, 1.82) is 0 Å². The number of carbonyl (C=O) groups excluding carboxylic acids is 1. The van der Waals surface area contributed by atoms with Crippen LogP contribution >= 0.6 is 0 Å². The molecule has 0 aliphatic rings. The second-order valence-electron chi connectivity index (χ2n) is 7.38. The Morgan fingerprint density at radius 3 is 1.25 bits per heavy atom. The van der Waals surface area contributed by atoms with E-state index in [2.05, 4.69) is 13.8 Å². The van der Waals surface area contributed by atoms with Gasteiger partial charge in [0.25, 0.3) is 6.47 Å². The van der Waals surface area contributed by atoms with Gasteiger partial charge in [0.05, 0.1) is 0 Å². The standard InChI is InChI=1S/C22H44O2/c1-3-5-7-9-11-12-14-16-18-20-22(24-21-23)19-17-15-13-10-8-6-4-2/h21-22H,3-20H2,1-2H3. The molecule has 0 aromatic rings. The van der Waals surface area contributed by atoms with E-state index < -0.39 is 0 Å². The molecule has 0 heterocycles. The van der Waals surface area contributed by atoms with E-state index in [0.717, 1.165) is 12.8 Å². The summed E-state index contributed by atoms with van der Waals surface area (Å²) in [6.45, 7) is 5.18. The van der Waals surface area contributed by atoms with Gasteiger partial charge in [-0.3, -0.25) is 4.79 Å². The first-order valence-corrected chi connectivity index (χ1v) is 10.9. The minimum absolute atomic E-state index is 0.169. The molecule has 0 amide bonds. The van der Waals surface area contributed by atoms with Crippen molar-refractivity contribution in [3.8, 4) is 0 Å². The van der Waals surface area contributed by atoms with E-state index >= 15 is 0 Å². The Labute approximate surface area is 152 Å². The number of rotatable bonds is 20. The van der Waals surface area contributed by atoms with Gasteiger partial charge in [-0.25, -0.2) is 0 Å². The number of ether oxygens (including phenoxy) is 1. The second-order valence-corrected chi connectivity index (χ2v) is 7.38. The van der Waals surface area contributed by atoms with Gasteiger partial charge in [-0.2, -0.15) is 0 Å². The van der Waals surface area contributed by atoms with Crippen molar-refractivity contribution in [3.63, 3.8) is 0 Å². The van der Waals surface area contributed by atoms with Crippen LogP contribution in [0.15, 0.2) is 0 Å². The monoisotopic (exact) mass is 340 g/mol. The highest BCUT2D eigenvalue weighted by Gasteiger charge is 2.08. The van der Waals surface area contributed by atoms with E-state index in [1.165, 1.54) is 103 Å². The largest absolute Gasteiger partial charge is 0.465 e. The van der Waals surface area contributed by atoms with E-state index in [4.69, 9.17) is 4.74 Å². The summed E-state index contributed by atoms with van der Waals surface area (Å²) in [7, 11) is 0. The zero-order valence-electron chi connectivity index (χ0n) is 16.7. The molecule has 0 N–H and O–H groups in total. The maximum Gasteiger partial charge on any atom is 0.293 e. The lowest BCUT2D eigenvalue weighted by Gasteiger charge is -2.15. The highest BCUT2D eigenvalue weighted by Crippen LogP contribution is 2.16. The molecule has 2 heteroatoms. The lowest BCUT2D eigenvalue weighted by Crippen LogP contribution is -2.12. The van der Waals surface area contributed by atoms with E-state index in [-0.39, 0.29) is 6.10 Å². The first kappa shape index (κ1) is 23.5. The predicted octanol–water partition coefficient (Wildman–Crippen LogP) is 7.59. The summed E-state index contributed by atoms with van der Waals surface area (Å²) in [5.74, 6) is 0. The van der Waals surface area contributed by atoms with Crippen molar-refractivity contribution < 1.29 is 9.53 Å². The van der Waals surface area contributed by atoms with E-state index in [1.807, 2.05) is 0 Å².